The van der Waals surface area contributed by atoms with E-state index in [9.17, 15) is 0 Å². The van der Waals surface area contributed by atoms with E-state index in [-0.39, 0.29) is 6.04 Å². The van der Waals surface area contributed by atoms with Gasteiger partial charge in [-0.3, -0.25) is 0 Å². The molecule has 1 aliphatic carbocycles. The molecule has 0 saturated heterocycles. The molecule has 0 aliphatic heterocycles. The van der Waals surface area contributed by atoms with E-state index in [4.69, 9.17) is 10.5 Å². The topological polar surface area (TPSA) is 35.2 Å². The van der Waals surface area contributed by atoms with E-state index in [0.717, 1.165) is 28.3 Å². The normalized spacial score (nSPS) is 18.6. The maximum atomic E-state index is 6.01. The molecule has 1 fully saturated rings. The van der Waals surface area contributed by atoms with Crippen LogP contribution in [0.4, 0.5) is 0 Å². The Morgan fingerprint density at radius 1 is 1.33 bits per heavy atom. The van der Waals surface area contributed by atoms with Crippen molar-refractivity contribution in [2.24, 2.45) is 11.7 Å². The number of nitrogens with two attached hydrogens (primary N) is 1. The first kappa shape index (κ1) is 13.9. The zero-order valence-electron chi connectivity index (χ0n) is 11.0. The predicted octanol–water partition coefficient (Wildman–Crippen LogP) is 4.43. The molecule has 2 rings (SSSR count). The van der Waals surface area contributed by atoms with Gasteiger partial charge in [0.25, 0.3) is 0 Å². The number of rotatable bonds is 4. The van der Waals surface area contributed by atoms with Gasteiger partial charge in [0.2, 0.25) is 0 Å². The van der Waals surface area contributed by atoms with E-state index in [1.165, 1.54) is 32.1 Å². The Bertz CT molecular complexity index is 386. The molecule has 1 saturated carbocycles. The van der Waals surface area contributed by atoms with E-state index in [1.54, 1.807) is 0 Å². The molecule has 2 nitrogen and oxygen atoms in total. The molecule has 100 valence electrons. The lowest BCUT2D eigenvalue weighted by atomic mass is 9.90. The second-order valence-electron chi connectivity index (χ2n) is 5.29. The van der Waals surface area contributed by atoms with E-state index in [1.807, 2.05) is 25.1 Å². The van der Waals surface area contributed by atoms with E-state index >= 15 is 0 Å². The van der Waals surface area contributed by atoms with Gasteiger partial charge in [-0.05, 0) is 37.8 Å². The second-order valence-corrected chi connectivity index (χ2v) is 6.20. The quantitative estimate of drug-likeness (QED) is 0.893. The van der Waals surface area contributed by atoms with E-state index in [2.05, 4.69) is 15.9 Å². The minimum atomic E-state index is 0.0134. The zero-order valence-corrected chi connectivity index (χ0v) is 12.6. The van der Waals surface area contributed by atoms with Gasteiger partial charge in [0.1, 0.15) is 5.75 Å². The average molecular weight is 312 g/mol. The minimum absolute atomic E-state index is 0.0134. The highest BCUT2D eigenvalue weighted by molar-refractivity contribution is 9.10. The molecule has 0 bridgehead atoms. The third-order valence-electron chi connectivity index (χ3n) is 3.67. The summed E-state index contributed by atoms with van der Waals surface area (Å²) in [6, 6.07) is 6.11. The van der Waals surface area contributed by atoms with Crippen molar-refractivity contribution in [2.75, 3.05) is 6.61 Å². The highest BCUT2D eigenvalue weighted by Crippen LogP contribution is 2.30. The highest BCUT2D eigenvalue weighted by atomic mass is 79.9. The Labute approximate surface area is 118 Å². The lowest BCUT2D eigenvalue weighted by Gasteiger charge is -2.23. The molecule has 3 heteroatoms. The van der Waals surface area contributed by atoms with Gasteiger partial charge >= 0.3 is 0 Å². The van der Waals surface area contributed by atoms with Gasteiger partial charge in [-0.2, -0.15) is 0 Å². The third kappa shape index (κ3) is 3.72. The molecular formula is C15H22BrNO. The smallest absolute Gasteiger partial charge is 0.125 e. The van der Waals surface area contributed by atoms with Gasteiger partial charge in [0.15, 0.2) is 0 Å². The first-order chi connectivity index (χ1) is 8.66. The molecular weight excluding hydrogens is 290 g/mol. The number of ether oxygens (including phenoxy) is 1. The van der Waals surface area contributed by atoms with Crippen LogP contribution in [-0.4, -0.2) is 6.61 Å². The summed E-state index contributed by atoms with van der Waals surface area (Å²) in [6.07, 6.45) is 6.71. The number of hydrogen-bond acceptors (Lipinski definition) is 2. The molecule has 0 radical (unpaired) electrons. The third-order valence-corrected chi connectivity index (χ3v) is 4.16. The molecule has 1 atom stereocenters. The first-order valence-electron chi connectivity index (χ1n) is 6.84. The summed E-state index contributed by atoms with van der Waals surface area (Å²) in [4.78, 5) is 0. The van der Waals surface area contributed by atoms with Crippen LogP contribution in [0.3, 0.4) is 0 Å². The lowest BCUT2D eigenvalue weighted by molar-refractivity contribution is 0.207. The molecule has 0 spiro atoms. The fraction of sp³-hybridized carbons (Fsp3) is 0.600. The summed E-state index contributed by atoms with van der Waals surface area (Å²) in [7, 11) is 0. The fourth-order valence-corrected chi connectivity index (χ4v) is 2.91. The highest BCUT2D eigenvalue weighted by Gasteiger charge is 2.15. The van der Waals surface area contributed by atoms with Crippen molar-refractivity contribution in [1.82, 2.24) is 0 Å². The van der Waals surface area contributed by atoms with Gasteiger partial charge in [-0.15, -0.1) is 0 Å². The molecule has 1 aliphatic rings. The summed E-state index contributed by atoms with van der Waals surface area (Å²) in [6.45, 7) is 2.83. The molecule has 1 aromatic carbocycles. The lowest BCUT2D eigenvalue weighted by Crippen LogP contribution is -2.16. The van der Waals surface area contributed by atoms with Crippen LogP contribution in [0.5, 0.6) is 5.75 Å². The molecule has 0 amide bonds. The van der Waals surface area contributed by atoms with Crippen molar-refractivity contribution in [1.29, 1.82) is 0 Å². The molecule has 0 aromatic heterocycles. The van der Waals surface area contributed by atoms with Crippen LogP contribution in [0.25, 0.3) is 0 Å². The Morgan fingerprint density at radius 3 is 2.72 bits per heavy atom. The summed E-state index contributed by atoms with van der Waals surface area (Å²) in [5, 5.41) is 0. The fourth-order valence-electron chi connectivity index (χ4n) is 2.57. The SMILES string of the molecule is C[C@H](N)c1ccc(Br)cc1OCC1CCCCC1. The van der Waals surface area contributed by atoms with Crippen molar-refractivity contribution < 1.29 is 4.74 Å². The Hall–Kier alpha value is -0.540. The number of hydrogen-bond donors (Lipinski definition) is 1. The molecule has 0 heterocycles. The maximum Gasteiger partial charge on any atom is 0.125 e. The van der Waals surface area contributed by atoms with E-state index in [0.29, 0.717) is 0 Å². The Morgan fingerprint density at radius 2 is 2.06 bits per heavy atom. The van der Waals surface area contributed by atoms with Crippen LogP contribution in [0.1, 0.15) is 50.6 Å². The van der Waals surface area contributed by atoms with Crippen LogP contribution in [0.15, 0.2) is 22.7 Å². The van der Waals surface area contributed by atoms with Crippen molar-refractivity contribution in [3.8, 4) is 5.75 Å². The van der Waals surface area contributed by atoms with Gasteiger partial charge in [-0.25, -0.2) is 0 Å². The zero-order chi connectivity index (χ0) is 13.0. The van der Waals surface area contributed by atoms with E-state index < -0.39 is 0 Å². The molecule has 0 unspecified atom stereocenters. The van der Waals surface area contributed by atoms with Crippen LogP contribution in [-0.2, 0) is 0 Å². The number of benzene rings is 1. The number of halogens is 1. The average Bonchev–Trinajstić information content (AvgIpc) is 2.37. The molecule has 1 aromatic rings. The minimum Gasteiger partial charge on any atom is -0.493 e. The van der Waals surface area contributed by atoms with Crippen molar-refractivity contribution in [3.05, 3.63) is 28.2 Å². The van der Waals surface area contributed by atoms with Crippen LogP contribution >= 0.6 is 15.9 Å². The summed E-state index contributed by atoms with van der Waals surface area (Å²) < 4.78 is 7.06. The van der Waals surface area contributed by atoms with Gasteiger partial charge in [0.05, 0.1) is 6.61 Å². The Kier molecular flexibility index (Phi) is 5.07. The summed E-state index contributed by atoms with van der Waals surface area (Å²) in [5.41, 5.74) is 7.07. The van der Waals surface area contributed by atoms with Gasteiger partial charge < -0.3 is 10.5 Å². The van der Waals surface area contributed by atoms with Gasteiger partial charge in [0, 0.05) is 16.1 Å². The molecule has 18 heavy (non-hydrogen) atoms. The van der Waals surface area contributed by atoms with Gasteiger partial charge in [-0.1, -0.05) is 41.3 Å². The predicted molar refractivity (Wildman–Crippen MR) is 78.8 cm³/mol. The standard InChI is InChI=1S/C15H22BrNO/c1-11(17)14-8-7-13(16)9-15(14)18-10-12-5-3-2-4-6-12/h7-9,11-12H,2-6,10,17H2,1H3/t11-/m0/s1. The maximum absolute atomic E-state index is 6.01. The van der Waals surface area contributed by atoms with Crippen LogP contribution < -0.4 is 10.5 Å². The second kappa shape index (κ2) is 6.58. The Balaban J connectivity index is 2.00. The monoisotopic (exact) mass is 311 g/mol. The first-order valence-corrected chi connectivity index (χ1v) is 7.64. The summed E-state index contributed by atoms with van der Waals surface area (Å²) in [5.74, 6) is 1.66. The van der Waals surface area contributed by atoms with Crippen molar-refractivity contribution in [3.63, 3.8) is 0 Å². The van der Waals surface area contributed by atoms with Crippen LogP contribution in [0, 0.1) is 5.92 Å². The van der Waals surface area contributed by atoms with Crippen LogP contribution in [0.2, 0.25) is 0 Å². The molecule has 2 N–H and O–H groups in total. The largest absolute Gasteiger partial charge is 0.493 e. The summed E-state index contributed by atoms with van der Waals surface area (Å²) >= 11 is 3.49. The van der Waals surface area contributed by atoms with Crippen molar-refractivity contribution >= 4 is 15.9 Å². The van der Waals surface area contributed by atoms with Crippen molar-refractivity contribution in [2.45, 2.75) is 45.1 Å².